The molecule has 0 bridgehead atoms. The second-order valence-corrected chi connectivity index (χ2v) is 5.14. The monoisotopic (exact) mass is 322 g/mol. The molecule has 122 valence electrons. The van der Waals surface area contributed by atoms with E-state index in [0.717, 1.165) is 12.1 Å². The van der Waals surface area contributed by atoms with Gasteiger partial charge in [-0.3, -0.25) is 9.59 Å². The van der Waals surface area contributed by atoms with Gasteiger partial charge in [0.05, 0.1) is 18.0 Å². The zero-order valence-corrected chi connectivity index (χ0v) is 13.3. The number of hydrogen-bond donors (Lipinski definition) is 1. The molecule has 0 aliphatic carbocycles. The second kappa shape index (κ2) is 8.44. The van der Waals surface area contributed by atoms with Crippen molar-refractivity contribution < 1.29 is 9.59 Å². The molecular formula is C18H18N4O2. The van der Waals surface area contributed by atoms with E-state index in [1.807, 2.05) is 37.3 Å². The predicted molar refractivity (Wildman–Crippen MR) is 90.0 cm³/mol. The molecule has 0 saturated carbocycles. The van der Waals surface area contributed by atoms with Crippen LogP contribution >= 0.6 is 0 Å². The molecule has 1 atom stereocenters. The summed E-state index contributed by atoms with van der Waals surface area (Å²) in [4.78, 5) is 23.8. The van der Waals surface area contributed by atoms with Crippen LogP contribution in [0.25, 0.3) is 11.8 Å². The van der Waals surface area contributed by atoms with Gasteiger partial charge in [0.25, 0.3) is 0 Å². The van der Waals surface area contributed by atoms with Gasteiger partial charge in [-0.1, -0.05) is 25.1 Å². The lowest BCUT2D eigenvalue weighted by molar-refractivity contribution is -0.129. The highest BCUT2D eigenvalue weighted by Gasteiger charge is 2.23. The van der Waals surface area contributed by atoms with Gasteiger partial charge >= 0.3 is 0 Å². The summed E-state index contributed by atoms with van der Waals surface area (Å²) in [6.07, 6.45) is 6.90. The number of amides is 1. The summed E-state index contributed by atoms with van der Waals surface area (Å²) in [5, 5.41) is 15.8. The van der Waals surface area contributed by atoms with Crippen LogP contribution in [-0.4, -0.2) is 28.0 Å². The number of carbonyl (C=O) groups excluding carboxylic acids is 2. The minimum absolute atomic E-state index is 0.442. The van der Waals surface area contributed by atoms with E-state index in [0.29, 0.717) is 12.1 Å². The molecule has 0 saturated heterocycles. The molecule has 1 unspecified atom stereocenters. The first-order valence-electron chi connectivity index (χ1n) is 7.65. The molecule has 1 N–H and O–H groups in total. The summed E-state index contributed by atoms with van der Waals surface area (Å²) in [6.45, 7) is 2.34. The number of benzene rings is 1. The third-order valence-electron chi connectivity index (χ3n) is 3.29. The van der Waals surface area contributed by atoms with Crippen molar-refractivity contribution >= 4 is 17.8 Å². The van der Waals surface area contributed by atoms with Crippen molar-refractivity contribution in [1.82, 2.24) is 15.1 Å². The molecule has 0 aliphatic rings. The molecule has 2 rings (SSSR count). The Labute approximate surface area is 140 Å². The van der Waals surface area contributed by atoms with Gasteiger partial charge in [0, 0.05) is 18.3 Å². The maximum Gasteiger partial charge on any atom is 0.245 e. The van der Waals surface area contributed by atoms with Crippen molar-refractivity contribution in [2.75, 3.05) is 6.54 Å². The maximum absolute atomic E-state index is 12.0. The fourth-order valence-corrected chi connectivity index (χ4v) is 2.02. The average molecular weight is 322 g/mol. The number of nitrogens with one attached hydrogen (secondary N) is 1. The van der Waals surface area contributed by atoms with Crippen molar-refractivity contribution in [2.24, 2.45) is 5.92 Å². The highest BCUT2D eigenvalue weighted by Crippen LogP contribution is 2.09. The first kappa shape index (κ1) is 17.2. The Morgan fingerprint density at radius 3 is 2.79 bits per heavy atom. The quantitative estimate of drug-likeness (QED) is 0.625. The largest absolute Gasteiger partial charge is 0.355 e. The van der Waals surface area contributed by atoms with Crippen LogP contribution in [0.3, 0.4) is 0 Å². The van der Waals surface area contributed by atoms with Crippen molar-refractivity contribution in [3.8, 4) is 11.8 Å². The SMILES string of the molecule is CCCNC(=O)C(C#N)C(=O)/C=C/c1cnn(-c2ccccc2)c1. The molecular weight excluding hydrogens is 304 g/mol. The van der Waals surface area contributed by atoms with E-state index in [-0.39, 0.29) is 0 Å². The lowest BCUT2D eigenvalue weighted by Crippen LogP contribution is -2.34. The zero-order chi connectivity index (χ0) is 17.4. The van der Waals surface area contributed by atoms with E-state index in [2.05, 4.69) is 10.4 Å². The first-order valence-corrected chi connectivity index (χ1v) is 7.65. The Hall–Kier alpha value is -3.20. The number of nitrogens with zero attached hydrogens (tertiary/aromatic N) is 3. The summed E-state index contributed by atoms with van der Waals surface area (Å²) >= 11 is 0. The summed E-state index contributed by atoms with van der Waals surface area (Å²) < 4.78 is 1.68. The van der Waals surface area contributed by atoms with Crippen LogP contribution < -0.4 is 5.32 Å². The summed E-state index contributed by atoms with van der Waals surface area (Å²) in [5.74, 6) is -2.43. The zero-order valence-electron chi connectivity index (χ0n) is 13.3. The number of aromatic nitrogens is 2. The predicted octanol–water partition coefficient (Wildman–Crippen LogP) is 2.12. The van der Waals surface area contributed by atoms with E-state index in [4.69, 9.17) is 5.26 Å². The highest BCUT2D eigenvalue weighted by molar-refractivity contribution is 6.10. The van der Waals surface area contributed by atoms with Gasteiger partial charge in [-0.2, -0.15) is 10.4 Å². The Morgan fingerprint density at radius 1 is 1.38 bits per heavy atom. The molecule has 6 nitrogen and oxygen atoms in total. The third-order valence-corrected chi connectivity index (χ3v) is 3.29. The molecule has 2 aromatic rings. The van der Waals surface area contributed by atoms with Gasteiger partial charge in [0.1, 0.15) is 0 Å². The van der Waals surface area contributed by atoms with E-state index < -0.39 is 17.6 Å². The standard InChI is InChI=1S/C18H18N4O2/c1-2-10-20-18(24)16(11-19)17(23)9-8-14-12-21-22(13-14)15-6-4-3-5-7-15/h3-9,12-13,16H,2,10H2,1H3,(H,20,24)/b9-8+. The fraction of sp³-hybridized carbons (Fsp3) is 0.222. The van der Waals surface area contributed by atoms with Crippen LogP contribution in [0.2, 0.25) is 0 Å². The summed E-state index contributed by atoms with van der Waals surface area (Å²) in [6, 6.07) is 11.3. The molecule has 1 aromatic carbocycles. The number of allylic oxidation sites excluding steroid dienone is 1. The van der Waals surface area contributed by atoms with Crippen LogP contribution in [0.4, 0.5) is 0 Å². The van der Waals surface area contributed by atoms with Crippen molar-refractivity contribution in [3.63, 3.8) is 0 Å². The topological polar surface area (TPSA) is 87.8 Å². The molecule has 6 heteroatoms. The van der Waals surface area contributed by atoms with Gasteiger partial charge in [-0.05, 0) is 30.7 Å². The van der Waals surface area contributed by atoms with Gasteiger partial charge in [0.2, 0.25) is 5.91 Å². The van der Waals surface area contributed by atoms with Gasteiger partial charge < -0.3 is 5.32 Å². The number of para-hydroxylation sites is 1. The van der Waals surface area contributed by atoms with Crippen LogP contribution in [0.15, 0.2) is 48.8 Å². The number of carbonyl (C=O) groups is 2. The smallest absolute Gasteiger partial charge is 0.245 e. The molecule has 1 heterocycles. The van der Waals surface area contributed by atoms with Gasteiger partial charge in [-0.25, -0.2) is 4.68 Å². The molecule has 0 spiro atoms. The molecule has 0 aliphatic heterocycles. The van der Waals surface area contributed by atoms with Crippen molar-refractivity contribution in [3.05, 3.63) is 54.4 Å². The number of hydrogen-bond acceptors (Lipinski definition) is 4. The van der Waals surface area contributed by atoms with Gasteiger partial charge in [-0.15, -0.1) is 0 Å². The lowest BCUT2D eigenvalue weighted by atomic mass is 10.0. The Bertz CT molecular complexity index is 772. The van der Waals surface area contributed by atoms with Gasteiger partial charge in [0.15, 0.2) is 11.7 Å². The van der Waals surface area contributed by atoms with E-state index in [1.54, 1.807) is 29.2 Å². The van der Waals surface area contributed by atoms with Crippen LogP contribution in [-0.2, 0) is 9.59 Å². The number of ketones is 1. The van der Waals surface area contributed by atoms with Crippen LogP contribution in [0.5, 0.6) is 0 Å². The Morgan fingerprint density at radius 2 is 2.12 bits per heavy atom. The molecule has 0 fully saturated rings. The number of rotatable bonds is 7. The summed E-state index contributed by atoms with van der Waals surface area (Å²) in [5.41, 5.74) is 1.61. The van der Waals surface area contributed by atoms with E-state index >= 15 is 0 Å². The van der Waals surface area contributed by atoms with Crippen LogP contribution in [0, 0.1) is 17.2 Å². The van der Waals surface area contributed by atoms with E-state index in [1.165, 1.54) is 6.08 Å². The van der Waals surface area contributed by atoms with Crippen molar-refractivity contribution in [1.29, 1.82) is 5.26 Å². The molecule has 1 aromatic heterocycles. The minimum Gasteiger partial charge on any atom is -0.355 e. The average Bonchev–Trinajstić information content (AvgIpc) is 3.08. The maximum atomic E-state index is 12.0. The van der Waals surface area contributed by atoms with Crippen LogP contribution in [0.1, 0.15) is 18.9 Å². The summed E-state index contributed by atoms with van der Waals surface area (Å²) in [7, 11) is 0. The normalized spacial score (nSPS) is 11.8. The molecule has 0 radical (unpaired) electrons. The third kappa shape index (κ3) is 4.40. The Balaban J connectivity index is 2.05. The second-order valence-electron chi connectivity index (χ2n) is 5.14. The lowest BCUT2D eigenvalue weighted by Gasteiger charge is -2.05. The van der Waals surface area contributed by atoms with Crippen molar-refractivity contribution in [2.45, 2.75) is 13.3 Å². The number of nitriles is 1. The fourth-order valence-electron chi connectivity index (χ4n) is 2.02. The van der Waals surface area contributed by atoms with E-state index in [9.17, 15) is 9.59 Å². The molecule has 24 heavy (non-hydrogen) atoms. The Kier molecular flexibility index (Phi) is 6.03. The minimum atomic E-state index is -1.32. The highest BCUT2D eigenvalue weighted by atomic mass is 16.2. The molecule has 1 amide bonds. The first-order chi connectivity index (χ1) is 11.7.